The maximum absolute atomic E-state index is 2.44. The lowest BCUT2D eigenvalue weighted by Gasteiger charge is -2.11. The molecule has 0 bridgehead atoms. The zero-order chi connectivity index (χ0) is 6.27. The summed E-state index contributed by atoms with van der Waals surface area (Å²) in [4.78, 5) is 0. The average Bonchev–Trinajstić information content (AvgIpc) is 2.35. The number of rotatable bonds is 0. The second-order valence-electron chi connectivity index (χ2n) is 3.91. The Bertz CT molecular complexity index is 107. The fraction of sp³-hybridized carbons (Fsp3) is 1.00. The van der Waals surface area contributed by atoms with Gasteiger partial charge in [-0.3, -0.25) is 0 Å². The lowest BCUT2D eigenvalue weighted by atomic mass is 9.94. The molecule has 0 heteroatoms. The van der Waals surface area contributed by atoms with Crippen LogP contribution >= 0.6 is 0 Å². The molecule has 0 aromatic carbocycles. The molecule has 0 N–H and O–H groups in total. The maximum atomic E-state index is 2.44. The summed E-state index contributed by atoms with van der Waals surface area (Å²) < 4.78 is 0. The minimum Gasteiger partial charge on any atom is -0.0622 e. The molecule has 0 amide bonds. The first-order valence-corrected chi connectivity index (χ1v) is 4.38. The van der Waals surface area contributed by atoms with Crippen molar-refractivity contribution in [2.24, 2.45) is 17.8 Å². The molecule has 3 atom stereocenters. The Hall–Kier alpha value is 0. The highest BCUT2D eigenvalue weighted by Crippen LogP contribution is 2.46. The third-order valence-corrected chi connectivity index (χ3v) is 3.44. The van der Waals surface area contributed by atoms with Gasteiger partial charge in [0, 0.05) is 0 Å². The SMILES string of the molecule is C[C@@H]1CC[C@@H]2CCC[C@H]21. The van der Waals surface area contributed by atoms with Crippen LogP contribution in [0.5, 0.6) is 0 Å². The van der Waals surface area contributed by atoms with Crippen molar-refractivity contribution in [3.05, 3.63) is 0 Å². The van der Waals surface area contributed by atoms with E-state index in [-0.39, 0.29) is 0 Å². The summed E-state index contributed by atoms with van der Waals surface area (Å²) in [6.07, 6.45) is 7.70. The molecule has 0 saturated heterocycles. The second-order valence-corrected chi connectivity index (χ2v) is 3.91. The van der Waals surface area contributed by atoms with Gasteiger partial charge < -0.3 is 0 Å². The first kappa shape index (κ1) is 5.76. The van der Waals surface area contributed by atoms with E-state index in [9.17, 15) is 0 Å². The van der Waals surface area contributed by atoms with Crippen molar-refractivity contribution in [2.45, 2.75) is 39.0 Å². The van der Waals surface area contributed by atoms with Crippen LogP contribution in [0.3, 0.4) is 0 Å². The quantitative estimate of drug-likeness (QED) is 0.466. The smallest absolute Gasteiger partial charge is 0.0360 e. The predicted molar refractivity (Wildman–Crippen MR) is 39.2 cm³/mol. The van der Waals surface area contributed by atoms with Gasteiger partial charge in [0.05, 0.1) is 0 Å². The Morgan fingerprint density at radius 3 is 2.67 bits per heavy atom. The van der Waals surface area contributed by atoms with Crippen molar-refractivity contribution >= 4 is 0 Å². The van der Waals surface area contributed by atoms with E-state index in [4.69, 9.17) is 0 Å². The fourth-order valence-corrected chi connectivity index (χ4v) is 2.86. The number of fused-ring (bicyclic) bond motifs is 1. The van der Waals surface area contributed by atoms with Crippen LogP contribution in [-0.4, -0.2) is 0 Å². The van der Waals surface area contributed by atoms with E-state index in [0.717, 1.165) is 17.8 Å². The van der Waals surface area contributed by atoms with Gasteiger partial charge in [-0.25, -0.2) is 0 Å². The van der Waals surface area contributed by atoms with Gasteiger partial charge in [-0.2, -0.15) is 0 Å². The predicted octanol–water partition coefficient (Wildman–Crippen LogP) is 2.83. The van der Waals surface area contributed by atoms with Gasteiger partial charge in [0.2, 0.25) is 0 Å². The van der Waals surface area contributed by atoms with E-state index >= 15 is 0 Å². The normalized spacial score (nSPS) is 49.7. The minimum absolute atomic E-state index is 1.07. The molecule has 2 aliphatic rings. The standard InChI is InChI=1S/C9H16/c1-7-5-6-8-3-2-4-9(7)8/h7-9H,2-6H2,1H3/t7-,8+,9+/m1/s1. The molecule has 0 radical (unpaired) electrons. The summed E-state index contributed by atoms with van der Waals surface area (Å²) in [6, 6.07) is 0. The largest absolute Gasteiger partial charge is 0.0622 e. The summed E-state index contributed by atoms with van der Waals surface area (Å²) >= 11 is 0. The summed E-state index contributed by atoms with van der Waals surface area (Å²) in [6.45, 7) is 2.44. The Labute approximate surface area is 57.6 Å². The molecule has 0 aliphatic heterocycles. The van der Waals surface area contributed by atoms with E-state index in [1.54, 1.807) is 19.3 Å². The van der Waals surface area contributed by atoms with E-state index in [1.807, 2.05) is 0 Å². The highest BCUT2D eigenvalue weighted by Gasteiger charge is 2.36. The van der Waals surface area contributed by atoms with Crippen molar-refractivity contribution in [3.63, 3.8) is 0 Å². The highest BCUT2D eigenvalue weighted by atomic mass is 14.4. The summed E-state index contributed by atoms with van der Waals surface area (Å²) in [5.74, 6) is 3.36. The van der Waals surface area contributed by atoms with Crippen LogP contribution in [0.1, 0.15) is 39.0 Å². The molecular formula is C9H16. The first-order chi connectivity index (χ1) is 4.38. The van der Waals surface area contributed by atoms with E-state index in [2.05, 4.69) is 6.92 Å². The molecule has 0 spiro atoms. The van der Waals surface area contributed by atoms with Gasteiger partial charge in [0.15, 0.2) is 0 Å². The lowest BCUT2D eigenvalue weighted by Crippen LogP contribution is -2.04. The van der Waals surface area contributed by atoms with Gasteiger partial charge in [-0.15, -0.1) is 0 Å². The van der Waals surface area contributed by atoms with Crippen LogP contribution in [0.2, 0.25) is 0 Å². The van der Waals surface area contributed by atoms with Crippen molar-refractivity contribution < 1.29 is 0 Å². The average molecular weight is 124 g/mol. The molecule has 2 saturated carbocycles. The topological polar surface area (TPSA) is 0 Å². The molecule has 0 heterocycles. The third-order valence-electron chi connectivity index (χ3n) is 3.44. The van der Waals surface area contributed by atoms with Crippen LogP contribution in [0.15, 0.2) is 0 Å². The summed E-state index contributed by atoms with van der Waals surface area (Å²) in [7, 11) is 0. The molecule has 0 aromatic rings. The van der Waals surface area contributed by atoms with Crippen molar-refractivity contribution in [2.75, 3.05) is 0 Å². The minimum atomic E-state index is 1.07. The molecule has 0 nitrogen and oxygen atoms in total. The van der Waals surface area contributed by atoms with E-state index in [1.165, 1.54) is 12.8 Å². The Kier molecular flexibility index (Phi) is 1.28. The van der Waals surface area contributed by atoms with Gasteiger partial charge in [0.25, 0.3) is 0 Å². The molecule has 52 valence electrons. The molecule has 0 aromatic heterocycles. The van der Waals surface area contributed by atoms with Gasteiger partial charge >= 0.3 is 0 Å². The Balaban J connectivity index is 2.07. The molecule has 2 fully saturated rings. The van der Waals surface area contributed by atoms with Crippen LogP contribution in [-0.2, 0) is 0 Å². The molecule has 2 rings (SSSR count). The Morgan fingerprint density at radius 2 is 1.89 bits per heavy atom. The zero-order valence-corrected chi connectivity index (χ0v) is 6.27. The van der Waals surface area contributed by atoms with Crippen LogP contribution in [0.4, 0.5) is 0 Å². The second kappa shape index (κ2) is 2.00. The summed E-state index contributed by atoms with van der Waals surface area (Å²) in [5, 5.41) is 0. The number of hydrogen-bond donors (Lipinski definition) is 0. The van der Waals surface area contributed by atoms with Crippen molar-refractivity contribution in [1.29, 1.82) is 0 Å². The fourth-order valence-electron chi connectivity index (χ4n) is 2.86. The van der Waals surface area contributed by atoms with Gasteiger partial charge in [0.1, 0.15) is 0 Å². The van der Waals surface area contributed by atoms with Gasteiger partial charge in [-0.1, -0.05) is 26.2 Å². The van der Waals surface area contributed by atoms with E-state index < -0.39 is 0 Å². The maximum Gasteiger partial charge on any atom is -0.0360 e. The number of hydrogen-bond acceptors (Lipinski definition) is 0. The lowest BCUT2D eigenvalue weighted by molar-refractivity contribution is 0.376. The van der Waals surface area contributed by atoms with Crippen LogP contribution < -0.4 is 0 Å². The Morgan fingerprint density at radius 1 is 1.00 bits per heavy atom. The van der Waals surface area contributed by atoms with E-state index in [0.29, 0.717) is 0 Å². The molecule has 9 heavy (non-hydrogen) atoms. The third kappa shape index (κ3) is 0.798. The zero-order valence-electron chi connectivity index (χ0n) is 6.27. The van der Waals surface area contributed by atoms with Crippen LogP contribution in [0.25, 0.3) is 0 Å². The van der Waals surface area contributed by atoms with Crippen molar-refractivity contribution in [1.82, 2.24) is 0 Å². The van der Waals surface area contributed by atoms with Gasteiger partial charge in [-0.05, 0) is 30.6 Å². The summed E-state index contributed by atoms with van der Waals surface area (Å²) in [5.41, 5.74) is 0. The molecule has 2 aliphatic carbocycles. The van der Waals surface area contributed by atoms with Crippen LogP contribution in [0, 0.1) is 17.8 Å². The monoisotopic (exact) mass is 124 g/mol. The molecule has 0 unspecified atom stereocenters. The molecular weight excluding hydrogens is 108 g/mol. The van der Waals surface area contributed by atoms with Crippen molar-refractivity contribution in [3.8, 4) is 0 Å². The first-order valence-electron chi connectivity index (χ1n) is 4.38. The highest BCUT2D eigenvalue weighted by molar-refractivity contribution is 4.86.